The van der Waals surface area contributed by atoms with Crippen molar-refractivity contribution in [1.82, 2.24) is 20.3 Å². The molecule has 2 aromatic heterocycles. The van der Waals surface area contributed by atoms with E-state index in [0.717, 1.165) is 31.2 Å². The molecule has 1 N–H and O–H groups in total. The first-order valence-corrected chi connectivity index (χ1v) is 7.78. The highest BCUT2D eigenvalue weighted by Gasteiger charge is 2.32. The number of anilines is 1. The Kier molecular flexibility index (Phi) is 4.82. The minimum absolute atomic E-state index is 0.187. The predicted molar refractivity (Wildman–Crippen MR) is 84.0 cm³/mol. The van der Waals surface area contributed by atoms with Crippen LogP contribution in [-0.2, 0) is 6.18 Å². The van der Waals surface area contributed by atoms with Crippen LogP contribution in [0.2, 0.25) is 0 Å². The summed E-state index contributed by atoms with van der Waals surface area (Å²) in [6, 6.07) is 3.30. The summed E-state index contributed by atoms with van der Waals surface area (Å²) in [4.78, 5) is 25.6. The molecule has 9 heteroatoms. The second-order valence-corrected chi connectivity index (χ2v) is 5.75. The van der Waals surface area contributed by atoms with E-state index in [0.29, 0.717) is 13.1 Å². The number of hydrogen-bond donors (Lipinski definition) is 1. The largest absolute Gasteiger partial charge is 0.416 e. The molecule has 0 radical (unpaired) electrons. The summed E-state index contributed by atoms with van der Waals surface area (Å²) >= 11 is 0. The lowest BCUT2D eigenvalue weighted by Crippen LogP contribution is -2.48. The monoisotopic (exact) mass is 351 g/mol. The molecule has 6 nitrogen and oxygen atoms in total. The number of piperidine rings is 1. The predicted octanol–water partition coefficient (Wildman–Crippen LogP) is 2.29. The lowest BCUT2D eigenvalue weighted by Gasteiger charge is -2.34. The summed E-state index contributed by atoms with van der Waals surface area (Å²) in [5, 5.41) is 2.86. The summed E-state index contributed by atoms with van der Waals surface area (Å²) in [6.07, 6.45) is 0.991. The number of rotatable bonds is 3. The maximum absolute atomic E-state index is 12.9. The van der Waals surface area contributed by atoms with Gasteiger partial charge >= 0.3 is 6.18 Å². The van der Waals surface area contributed by atoms with E-state index >= 15 is 0 Å². The lowest BCUT2D eigenvalue weighted by molar-refractivity contribution is -0.137. The van der Waals surface area contributed by atoms with Crippen LogP contribution in [0.5, 0.6) is 0 Å². The van der Waals surface area contributed by atoms with Gasteiger partial charge in [0.15, 0.2) is 0 Å². The first-order chi connectivity index (χ1) is 11.9. The molecule has 0 spiro atoms. The molecular weight excluding hydrogens is 335 g/mol. The van der Waals surface area contributed by atoms with Gasteiger partial charge in [0.1, 0.15) is 17.8 Å². The van der Waals surface area contributed by atoms with Crippen molar-refractivity contribution in [2.75, 3.05) is 18.0 Å². The Morgan fingerprint density at radius 1 is 1.24 bits per heavy atom. The summed E-state index contributed by atoms with van der Waals surface area (Å²) in [6.45, 7) is 0.985. The van der Waals surface area contributed by atoms with Gasteiger partial charge in [0.2, 0.25) is 0 Å². The van der Waals surface area contributed by atoms with Crippen LogP contribution in [0.15, 0.2) is 36.9 Å². The molecule has 1 aliphatic heterocycles. The number of amides is 1. The first kappa shape index (κ1) is 17.1. The zero-order chi connectivity index (χ0) is 17.9. The maximum Gasteiger partial charge on any atom is 0.416 e. The topological polar surface area (TPSA) is 71.0 Å². The molecule has 1 saturated heterocycles. The zero-order valence-corrected chi connectivity index (χ0v) is 13.2. The Morgan fingerprint density at radius 2 is 2.08 bits per heavy atom. The fourth-order valence-corrected chi connectivity index (χ4v) is 2.76. The van der Waals surface area contributed by atoms with E-state index in [9.17, 15) is 18.0 Å². The standard InChI is InChI=1S/C16H16F3N5O/c17-16(18,19)11-3-6-21-14(8-11)24-7-1-2-12(9-24)23-15(25)13-4-5-20-10-22-13/h3-6,8,10,12H,1-2,7,9H2,(H,23,25). The average molecular weight is 351 g/mol. The highest BCUT2D eigenvalue weighted by atomic mass is 19.4. The Labute approximate surface area is 142 Å². The Balaban J connectivity index is 1.68. The van der Waals surface area contributed by atoms with Crippen molar-refractivity contribution >= 4 is 11.7 Å². The van der Waals surface area contributed by atoms with Gasteiger partial charge in [0, 0.05) is 31.5 Å². The van der Waals surface area contributed by atoms with E-state index in [1.165, 1.54) is 18.6 Å². The van der Waals surface area contributed by atoms with Crippen LogP contribution in [0, 0.1) is 0 Å². The van der Waals surface area contributed by atoms with Crippen molar-refractivity contribution in [3.05, 3.63) is 48.2 Å². The summed E-state index contributed by atoms with van der Waals surface area (Å²) in [5.41, 5.74) is -0.478. The molecular formula is C16H16F3N5O. The number of alkyl halides is 3. The molecule has 0 bridgehead atoms. The van der Waals surface area contributed by atoms with Crippen molar-refractivity contribution < 1.29 is 18.0 Å². The molecule has 1 unspecified atom stereocenters. The molecule has 1 amide bonds. The van der Waals surface area contributed by atoms with Crippen LogP contribution in [0.1, 0.15) is 28.9 Å². The van der Waals surface area contributed by atoms with Crippen LogP contribution in [0.3, 0.4) is 0 Å². The second kappa shape index (κ2) is 7.04. The fourth-order valence-electron chi connectivity index (χ4n) is 2.76. The van der Waals surface area contributed by atoms with E-state index < -0.39 is 11.7 Å². The molecule has 3 heterocycles. The van der Waals surface area contributed by atoms with Crippen molar-refractivity contribution in [2.45, 2.75) is 25.1 Å². The molecule has 1 aliphatic rings. The molecule has 2 aromatic rings. The molecule has 25 heavy (non-hydrogen) atoms. The van der Waals surface area contributed by atoms with Gasteiger partial charge in [-0.3, -0.25) is 4.79 Å². The average Bonchev–Trinajstić information content (AvgIpc) is 2.62. The SMILES string of the molecule is O=C(NC1CCCN(c2cc(C(F)(F)F)ccn2)C1)c1ccncn1. The number of hydrogen-bond acceptors (Lipinski definition) is 5. The zero-order valence-electron chi connectivity index (χ0n) is 13.2. The normalized spacial score (nSPS) is 18.0. The van der Waals surface area contributed by atoms with Gasteiger partial charge in [-0.15, -0.1) is 0 Å². The molecule has 0 aliphatic carbocycles. The Morgan fingerprint density at radius 3 is 2.80 bits per heavy atom. The Bertz CT molecular complexity index is 738. The minimum Gasteiger partial charge on any atom is -0.355 e. The highest BCUT2D eigenvalue weighted by Crippen LogP contribution is 2.31. The van der Waals surface area contributed by atoms with Crippen molar-refractivity contribution in [1.29, 1.82) is 0 Å². The number of pyridine rings is 1. The van der Waals surface area contributed by atoms with Gasteiger partial charge in [0.25, 0.3) is 5.91 Å². The van der Waals surface area contributed by atoms with Crippen LogP contribution >= 0.6 is 0 Å². The van der Waals surface area contributed by atoms with Crippen molar-refractivity contribution in [3.63, 3.8) is 0 Å². The van der Waals surface area contributed by atoms with Gasteiger partial charge in [-0.25, -0.2) is 15.0 Å². The van der Waals surface area contributed by atoms with Gasteiger partial charge in [-0.05, 0) is 31.0 Å². The fraction of sp³-hybridized carbons (Fsp3) is 0.375. The summed E-state index contributed by atoms with van der Waals surface area (Å²) in [7, 11) is 0. The van der Waals surface area contributed by atoms with E-state index in [4.69, 9.17) is 0 Å². The molecule has 0 aromatic carbocycles. The number of carbonyl (C=O) groups is 1. The van der Waals surface area contributed by atoms with Crippen molar-refractivity contribution in [2.24, 2.45) is 0 Å². The highest BCUT2D eigenvalue weighted by molar-refractivity contribution is 5.92. The number of nitrogens with zero attached hydrogens (tertiary/aromatic N) is 4. The molecule has 3 rings (SSSR count). The third-order valence-corrected chi connectivity index (χ3v) is 3.97. The van der Waals surface area contributed by atoms with Crippen molar-refractivity contribution in [3.8, 4) is 0 Å². The van der Waals surface area contributed by atoms with Gasteiger partial charge in [0.05, 0.1) is 5.56 Å². The molecule has 132 valence electrons. The number of carbonyl (C=O) groups excluding carboxylic acids is 1. The first-order valence-electron chi connectivity index (χ1n) is 7.78. The third-order valence-electron chi connectivity index (χ3n) is 3.97. The van der Waals surface area contributed by atoms with Crippen LogP contribution in [0.25, 0.3) is 0 Å². The summed E-state index contributed by atoms with van der Waals surface area (Å²) in [5.74, 6) is -0.0675. The minimum atomic E-state index is -4.41. The number of nitrogens with one attached hydrogen (secondary N) is 1. The van der Waals surface area contributed by atoms with Gasteiger partial charge in [-0.2, -0.15) is 13.2 Å². The molecule has 0 saturated carbocycles. The molecule has 1 atom stereocenters. The second-order valence-electron chi connectivity index (χ2n) is 5.75. The van der Waals surface area contributed by atoms with Crippen LogP contribution < -0.4 is 10.2 Å². The number of aromatic nitrogens is 3. The molecule has 1 fully saturated rings. The third kappa shape index (κ3) is 4.23. The van der Waals surface area contributed by atoms with Gasteiger partial charge in [-0.1, -0.05) is 0 Å². The quantitative estimate of drug-likeness (QED) is 0.919. The van der Waals surface area contributed by atoms with Crippen LogP contribution in [-0.4, -0.2) is 40.0 Å². The van der Waals surface area contributed by atoms with Gasteiger partial charge < -0.3 is 10.2 Å². The number of halogens is 3. The van der Waals surface area contributed by atoms with E-state index in [1.807, 2.05) is 0 Å². The summed E-state index contributed by atoms with van der Waals surface area (Å²) < 4.78 is 38.6. The van der Waals surface area contributed by atoms with Crippen LogP contribution in [0.4, 0.5) is 19.0 Å². The maximum atomic E-state index is 12.9. The van der Waals surface area contributed by atoms with E-state index in [1.54, 1.807) is 4.90 Å². The van der Waals surface area contributed by atoms with E-state index in [-0.39, 0.29) is 23.5 Å². The Hall–Kier alpha value is -2.71. The van der Waals surface area contributed by atoms with E-state index in [2.05, 4.69) is 20.3 Å². The lowest BCUT2D eigenvalue weighted by atomic mass is 10.1. The smallest absolute Gasteiger partial charge is 0.355 e.